The van der Waals surface area contributed by atoms with Crippen LogP contribution in [0, 0.1) is 11.3 Å². The third-order valence-corrected chi connectivity index (χ3v) is 3.00. The Morgan fingerprint density at radius 2 is 2.00 bits per heavy atom. The van der Waals surface area contributed by atoms with Crippen LogP contribution in [0.1, 0.15) is 5.82 Å². The minimum absolute atomic E-state index is 0.247. The summed E-state index contributed by atoms with van der Waals surface area (Å²) in [7, 11) is 0. The first-order valence-electron chi connectivity index (χ1n) is 6.48. The number of aromatic nitrogens is 5. The van der Waals surface area contributed by atoms with Crippen LogP contribution in [0.3, 0.4) is 0 Å². The minimum atomic E-state index is 0.247. The lowest BCUT2D eigenvalue weighted by atomic mass is 10.1. The van der Waals surface area contributed by atoms with E-state index >= 15 is 0 Å². The Labute approximate surface area is 126 Å². The second-order valence-electron chi connectivity index (χ2n) is 4.33. The topological polar surface area (TPSA) is 103 Å². The van der Waals surface area contributed by atoms with Gasteiger partial charge in [-0.3, -0.25) is 4.98 Å². The Kier molecular flexibility index (Phi) is 3.84. The molecule has 0 aliphatic rings. The average Bonchev–Trinajstić information content (AvgIpc) is 3.11. The summed E-state index contributed by atoms with van der Waals surface area (Å²) < 4.78 is 0. The van der Waals surface area contributed by atoms with Crippen molar-refractivity contribution in [3.05, 3.63) is 60.8 Å². The fourth-order valence-electron chi connectivity index (χ4n) is 1.96. The van der Waals surface area contributed by atoms with Gasteiger partial charge in [-0.25, -0.2) is 0 Å². The van der Waals surface area contributed by atoms with Crippen molar-refractivity contribution < 1.29 is 0 Å². The highest BCUT2D eigenvalue weighted by molar-refractivity contribution is 5.81. The Morgan fingerprint density at radius 3 is 2.73 bits per heavy atom. The smallest absolute Gasteiger partial charge is 0.216 e. The fourth-order valence-corrected chi connectivity index (χ4v) is 1.96. The molecule has 2 N–H and O–H groups in total. The van der Waals surface area contributed by atoms with Crippen LogP contribution >= 0.6 is 0 Å². The van der Waals surface area contributed by atoms with E-state index in [2.05, 4.69) is 30.9 Å². The standard InChI is InChI=1S/C15H11N7/c16-9-12(15-19-21-22-20-15)10-18-14-4-2-1-3-13(14)11-5-7-17-8-6-11/h1-8,10,18H,(H,19,20,21,22). The zero-order valence-electron chi connectivity index (χ0n) is 11.4. The van der Waals surface area contributed by atoms with Gasteiger partial charge in [0.2, 0.25) is 5.82 Å². The van der Waals surface area contributed by atoms with Gasteiger partial charge in [0.15, 0.2) is 0 Å². The number of aromatic amines is 1. The molecule has 1 aromatic carbocycles. The van der Waals surface area contributed by atoms with Crippen LogP contribution in [0.25, 0.3) is 16.7 Å². The first kappa shape index (κ1) is 13.5. The highest BCUT2D eigenvalue weighted by Crippen LogP contribution is 2.27. The lowest BCUT2D eigenvalue weighted by molar-refractivity contribution is 0.881. The maximum absolute atomic E-state index is 9.17. The lowest BCUT2D eigenvalue weighted by Crippen LogP contribution is -1.95. The van der Waals surface area contributed by atoms with Crippen LogP contribution < -0.4 is 5.32 Å². The minimum Gasteiger partial charge on any atom is -0.360 e. The third kappa shape index (κ3) is 2.81. The number of H-pyrrole nitrogens is 1. The van der Waals surface area contributed by atoms with Gasteiger partial charge in [-0.15, -0.1) is 10.2 Å². The number of tetrazole rings is 1. The first-order valence-corrected chi connectivity index (χ1v) is 6.48. The highest BCUT2D eigenvalue weighted by Gasteiger charge is 2.07. The fraction of sp³-hybridized carbons (Fsp3) is 0. The predicted octanol–water partition coefficient (Wildman–Crippen LogP) is 2.24. The van der Waals surface area contributed by atoms with Crippen molar-refractivity contribution >= 4 is 11.3 Å². The zero-order valence-corrected chi connectivity index (χ0v) is 11.4. The molecule has 3 rings (SSSR count). The van der Waals surface area contributed by atoms with Crippen molar-refractivity contribution in [1.82, 2.24) is 25.6 Å². The molecule has 7 heteroatoms. The average molecular weight is 289 g/mol. The lowest BCUT2D eigenvalue weighted by Gasteiger charge is -2.09. The summed E-state index contributed by atoms with van der Waals surface area (Å²) in [6.07, 6.45) is 5.04. The maximum atomic E-state index is 9.17. The number of nitriles is 1. The molecule has 0 unspecified atom stereocenters. The molecule has 0 saturated heterocycles. The molecule has 0 aliphatic heterocycles. The molecular formula is C15H11N7. The monoisotopic (exact) mass is 289 g/mol. The summed E-state index contributed by atoms with van der Waals surface area (Å²) in [5, 5.41) is 25.7. The van der Waals surface area contributed by atoms with Crippen molar-refractivity contribution in [2.24, 2.45) is 0 Å². The number of rotatable bonds is 4. The van der Waals surface area contributed by atoms with E-state index in [0.29, 0.717) is 5.57 Å². The SMILES string of the molecule is N#CC(=CNc1ccccc1-c1ccncc1)c1nn[nH]n1. The summed E-state index contributed by atoms with van der Waals surface area (Å²) >= 11 is 0. The first-order chi connectivity index (χ1) is 10.9. The third-order valence-electron chi connectivity index (χ3n) is 3.00. The largest absolute Gasteiger partial charge is 0.360 e. The summed E-state index contributed by atoms with van der Waals surface area (Å²) in [5.74, 6) is 0.247. The number of nitrogens with one attached hydrogen (secondary N) is 2. The van der Waals surface area contributed by atoms with Crippen molar-refractivity contribution in [3.8, 4) is 17.2 Å². The summed E-state index contributed by atoms with van der Waals surface area (Å²) in [6, 6.07) is 13.7. The van der Waals surface area contributed by atoms with Crippen LogP contribution in [-0.4, -0.2) is 25.6 Å². The molecule has 2 aromatic heterocycles. The van der Waals surface area contributed by atoms with E-state index in [-0.39, 0.29) is 5.82 Å². The van der Waals surface area contributed by atoms with Crippen molar-refractivity contribution in [2.75, 3.05) is 5.32 Å². The van der Waals surface area contributed by atoms with E-state index in [1.54, 1.807) is 18.6 Å². The zero-order chi connectivity index (χ0) is 15.2. The van der Waals surface area contributed by atoms with Crippen LogP contribution in [0.15, 0.2) is 55.0 Å². The van der Waals surface area contributed by atoms with Gasteiger partial charge in [-0.1, -0.05) is 18.2 Å². The number of nitrogens with zero attached hydrogens (tertiary/aromatic N) is 5. The summed E-state index contributed by atoms with van der Waals surface area (Å²) in [6.45, 7) is 0. The molecule has 7 nitrogen and oxygen atoms in total. The molecule has 0 fully saturated rings. The number of benzene rings is 1. The predicted molar refractivity (Wildman–Crippen MR) is 81.1 cm³/mol. The number of hydrogen-bond acceptors (Lipinski definition) is 6. The van der Waals surface area contributed by atoms with E-state index in [1.807, 2.05) is 42.5 Å². The van der Waals surface area contributed by atoms with Crippen LogP contribution in [0.5, 0.6) is 0 Å². The van der Waals surface area contributed by atoms with Gasteiger partial charge in [0.25, 0.3) is 0 Å². The van der Waals surface area contributed by atoms with E-state index in [0.717, 1.165) is 16.8 Å². The van der Waals surface area contributed by atoms with Crippen molar-refractivity contribution in [3.63, 3.8) is 0 Å². The number of hydrogen-bond donors (Lipinski definition) is 2. The second-order valence-corrected chi connectivity index (χ2v) is 4.33. The van der Waals surface area contributed by atoms with Crippen molar-refractivity contribution in [1.29, 1.82) is 5.26 Å². The Hall–Kier alpha value is -3.53. The van der Waals surface area contributed by atoms with Crippen LogP contribution in [0.4, 0.5) is 5.69 Å². The molecule has 0 aliphatic carbocycles. The molecule has 0 amide bonds. The maximum Gasteiger partial charge on any atom is 0.216 e. The Balaban J connectivity index is 1.92. The van der Waals surface area contributed by atoms with Gasteiger partial charge < -0.3 is 5.32 Å². The molecule has 0 spiro atoms. The molecule has 2 heterocycles. The Bertz CT molecular complexity index is 817. The quantitative estimate of drug-likeness (QED) is 0.714. The normalized spacial score (nSPS) is 11.0. The number of pyridine rings is 1. The summed E-state index contributed by atoms with van der Waals surface area (Å²) in [4.78, 5) is 4.02. The molecule has 106 valence electrons. The number of anilines is 1. The molecule has 3 aromatic rings. The van der Waals surface area contributed by atoms with Gasteiger partial charge >= 0.3 is 0 Å². The molecule has 0 bridgehead atoms. The van der Waals surface area contributed by atoms with Gasteiger partial charge in [-0.05, 0) is 29.0 Å². The van der Waals surface area contributed by atoms with E-state index in [4.69, 9.17) is 0 Å². The second kappa shape index (κ2) is 6.28. The molecule has 22 heavy (non-hydrogen) atoms. The number of para-hydroxylation sites is 1. The van der Waals surface area contributed by atoms with Crippen molar-refractivity contribution in [2.45, 2.75) is 0 Å². The summed E-state index contributed by atoms with van der Waals surface area (Å²) in [5.41, 5.74) is 3.19. The van der Waals surface area contributed by atoms with E-state index in [9.17, 15) is 5.26 Å². The Morgan fingerprint density at radius 1 is 1.18 bits per heavy atom. The molecule has 0 saturated carbocycles. The van der Waals surface area contributed by atoms with Gasteiger partial charge in [-0.2, -0.15) is 10.5 Å². The van der Waals surface area contributed by atoms with E-state index in [1.165, 1.54) is 0 Å². The number of allylic oxidation sites excluding steroid dienone is 1. The highest BCUT2D eigenvalue weighted by atomic mass is 15.5. The van der Waals surface area contributed by atoms with Gasteiger partial charge in [0.05, 0.1) is 0 Å². The molecule has 0 atom stereocenters. The molecular weight excluding hydrogens is 278 g/mol. The van der Waals surface area contributed by atoms with E-state index < -0.39 is 0 Å². The van der Waals surface area contributed by atoms with Crippen LogP contribution in [-0.2, 0) is 0 Å². The van der Waals surface area contributed by atoms with Gasteiger partial charge in [0.1, 0.15) is 11.6 Å². The van der Waals surface area contributed by atoms with Gasteiger partial charge in [0, 0.05) is 29.8 Å². The molecule has 0 radical (unpaired) electrons. The van der Waals surface area contributed by atoms with Crippen LogP contribution in [0.2, 0.25) is 0 Å².